The van der Waals surface area contributed by atoms with E-state index in [0.29, 0.717) is 29.4 Å². The normalized spacial score (nSPS) is 11.2. The van der Waals surface area contributed by atoms with Gasteiger partial charge in [-0.25, -0.2) is 8.42 Å². The average molecular weight is 335 g/mol. The molecule has 1 N–H and O–H groups in total. The first-order valence-electron chi connectivity index (χ1n) is 6.26. The van der Waals surface area contributed by atoms with Crippen LogP contribution in [-0.2, 0) is 19.6 Å². The van der Waals surface area contributed by atoms with Crippen LogP contribution in [0, 0.1) is 6.92 Å². The molecule has 1 amide bonds. The van der Waals surface area contributed by atoms with Gasteiger partial charge in [0.2, 0.25) is 15.9 Å². The van der Waals surface area contributed by atoms with Crippen molar-refractivity contribution in [3.8, 4) is 0 Å². The maximum Gasteiger partial charge on any atom is 0.240 e. The topological polar surface area (TPSA) is 75.7 Å². The number of nitrogens with zero attached hydrogens (tertiary/aromatic N) is 1. The third-order valence-electron chi connectivity index (χ3n) is 2.82. The summed E-state index contributed by atoms with van der Waals surface area (Å²) in [6.07, 6.45) is 1.05. The molecular weight excluding hydrogens is 316 g/mol. The maximum atomic E-state index is 11.9. The van der Waals surface area contributed by atoms with Crippen molar-refractivity contribution in [1.82, 2.24) is 5.32 Å². The van der Waals surface area contributed by atoms with Crippen LogP contribution in [0.4, 0.5) is 5.69 Å². The second kappa shape index (κ2) is 7.63. The fourth-order valence-corrected chi connectivity index (χ4v) is 2.80. The monoisotopic (exact) mass is 334 g/mol. The number of rotatable bonds is 7. The van der Waals surface area contributed by atoms with Crippen molar-refractivity contribution in [2.24, 2.45) is 0 Å². The first-order valence-corrected chi connectivity index (χ1v) is 8.48. The number of carbonyl (C=O) groups excluding carboxylic acids is 1. The molecule has 0 aliphatic carbocycles. The zero-order chi connectivity index (χ0) is 16.0. The highest BCUT2D eigenvalue weighted by Gasteiger charge is 2.22. The van der Waals surface area contributed by atoms with Crippen molar-refractivity contribution >= 4 is 33.2 Å². The van der Waals surface area contributed by atoms with Crippen molar-refractivity contribution in [1.29, 1.82) is 0 Å². The van der Waals surface area contributed by atoms with Crippen LogP contribution in [0.1, 0.15) is 5.56 Å². The summed E-state index contributed by atoms with van der Waals surface area (Å²) in [6, 6.07) is 4.93. The molecule has 0 unspecified atom stereocenters. The summed E-state index contributed by atoms with van der Waals surface area (Å²) in [5, 5.41) is 3.03. The zero-order valence-corrected chi connectivity index (χ0v) is 13.8. The first kappa shape index (κ1) is 17.7. The third kappa shape index (κ3) is 5.18. The Bertz CT molecular complexity index is 604. The Hall–Kier alpha value is -1.31. The Morgan fingerprint density at radius 1 is 1.43 bits per heavy atom. The van der Waals surface area contributed by atoms with E-state index in [2.05, 4.69) is 5.32 Å². The minimum atomic E-state index is -3.60. The molecule has 8 heteroatoms. The van der Waals surface area contributed by atoms with E-state index in [9.17, 15) is 13.2 Å². The van der Waals surface area contributed by atoms with Crippen LogP contribution in [0.2, 0.25) is 5.02 Å². The quantitative estimate of drug-likeness (QED) is 0.760. The van der Waals surface area contributed by atoms with Crippen LogP contribution in [0.5, 0.6) is 0 Å². The van der Waals surface area contributed by atoms with Gasteiger partial charge in [-0.2, -0.15) is 0 Å². The van der Waals surface area contributed by atoms with Crippen molar-refractivity contribution in [3.05, 3.63) is 28.8 Å². The summed E-state index contributed by atoms with van der Waals surface area (Å²) in [4.78, 5) is 11.8. The molecule has 6 nitrogen and oxygen atoms in total. The van der Waals surface area contributed by atoms with Gasteiger partial charge in [-0.1, -0.05) is 17.7 Å². The first-order chi connectivity index (χ1) is 9.77. The second-order valence-corrected chi connectivity index (χ2v) is 6.81. The number of halogens is 1. The number of ether oxygens (including phenoxy) is 1. The smallest absolute Gasteiger partial charge is 0.240 e. The van der Waals surface area contributed by atoms with Crippen molar-refractivity contribution in [3.63, 3.8) is 0 Å². The van der Waals surface area contributed by atoms with Gasteiger partial charge in [-0.3, -0.25) is 9.10 Å². The van der Waals surface area contributed by atoms with Gasteiger partial charge >= 0.3 is 0 Å². The van der Waals surface area contributed by atoms with Gasteiger partial charge in [0, 0.05) is 18.7 Å². The maximum absolute atomic E-state index is 11.9. The van der Waals surface area contributed by atoms with Crippen molar-refractivity contribution in [2.45, 2.75) is 6.92 Å². The van der Waals surface area contributed by atoms with Gasteiger partial charge in [0.15, 0.2) is 0 Å². The molecule has 0 bridgehead atoms. The fraction of sp³-hybridized carbons (Fsp3) is 0.462. The summed E-state index contributed by atoms with van der Waals surface area (Å²) < 4.78 is 29.7. The van der Waals surface area contributed by atoms with E-state index >= 15 is 0 Å². The lowest BCUT2D eigenvalue weighted by Gasteiger charge is -2.24. The van der Waals surface area contributed by atoms with Crippen LogP contribution in [0.3, 0.4) is 0 Å². The van der Waals surface area contributed by atoms with Gasteiger partial charge in [-0.15, -0.1) is 0 Å². The number of anilines is 1. The van der Waals surface area contributed by atoms with Crippen LogP contribution in [0.15, 0.2) is 18.2 Å². The van der Waals surface area contributed by atoms with E-state index in [0.717, 1.165) is 10.6 Å². The third-order valence-corrected chi connectivity index (χ3v) is 4.36. The number of benzene rings is 1. The van der Waals surface area contributed by atoms with Crippen LogP contribution in [-0.4, -0.2) is 47.4 Å². The Labute approximate surface area is 130 Å². The molecular formula is C13H19ClN2O4S. The lowest BCUT2D eigenvalue weighted by atomic mass is 10.2. The van der Waals surface area contributed by atoms with Crippen LogP contribution < -0.4 is 9.62 Å². The molecule has 0 aromatic heterocycles. The number of methoxy groups -OCH3 is 1. The number of nitrogens with one attached hydrogen (secondary N) is 1. The Kier molecular flexibility index (Phi) is 6.44. The summed E-state index contributed by atoms with van der Waals surface area (Å²) in [7, 11) is -2.08. The van der Waals surface area contributed by atoms with Gasteiger partial charge in [0.05, 0.1) is 18.6 Å². The number of hydrogen-bond acceptors (Lipinski definition) is 4. The van der Waals surface area contributed by atoms with Gasteiger partial charge in [0.1, 0.15) is 6.54 Å². The molecule has 0 heterocycles. The van der Waals surface area contributed by atoms with Crippen molar-refractivity contribution < 1.29 is 17.9 Å². The molecule has 0 aliphatic rings. The van der Waals surface area contributed by atoms with E-state index in [1.807, 2.05) is 0 Å². The predicted octanol–water partition coefficient (Wildman–Crippen LogP) is 1.18. The van der Waals surface area contributed by atoms with E-state index < -0.39 is 15.9 Å². The van der Waals surface area contributed by atoms with E-state index in [1.54, 1.807) is 25.1 Å². The zero-order valence-electron chi connectivity index (χ0n) is 12.2. The Balaban J connectivity index is 2.98. The minimum Gasteiger partial charge on any atom is -0.383 e. The highest BCUT2D eigenvalue weighted by atomic mass is 35.5. The van der Waals surface area contributed by atoms with Gasteiger partial charge in [0.25, 0.3) is 0 Å². The molecule has 21 heavy (non-hydrogen) atoms. The molecule has 0 aliphatic heterocycles. The van der Waals surface area contributed by atoms with Crippen LogP contribution >= 0.6 is 11.6 Å². The molecule has 0 radical (unpaired) electrons. The molecule has 0 atom stereocenters. The van der Waals surface area contributed by atoms with Crippen LogP contribution in [0.25, 0.3) is 0 Å². The molecule has 1 aromatic carbocycles. The second-order valence-electron chi connectivity index (χ2n) is 4.50. The number of sulfonamides is 1. The van der Waals surface area contributed by atoms with Gasteiger partial charge < -0.3 is 10.1 Å². The van der Waals surface area contributed by atoms with E-state index in [-0.39, 0.29) is 6.54 Å². The summed E-state index contributed by atoms with van der Waals surface area (Å²) in [5.41, 5.74) is 1.00. The van der Waals surface area contributed by atoms with Crippen molar-refractivity contribution in [2.75, 3.05) is 37.4 Å². The summed E-state index contributed by atoms with van der Waals surface area (Å²) in [5.74, 6) is -0.406. The summed E-state index contributed by atoms with van der Waals surface area (Å²) >= 11 is 6.01. The lowest BCUT2D eigenvalue weighted by Crippen LogP contribution is -2.41. The highest BCUT2D eigenvalue weighted by molar-refractivity contribution is 7.92. The molecule has 118 valence electrons. The SMILES string of the molecule is COCCNC(=O)CN(c1cccc(Cl)c1C)S(C)(=O)=O. The highest BCUT2D eigenvalue weighted by Crippen LogP contribution is 2.27. The lowest BCUT2D eigenvalue weighted by molar-refractivity contribution is -0.119. The number of carbonyl (C=O) groups is 1. The summed E-state index contributed by atoms with van der Waals surface area (Å²) in [6.45, 7) is 2.09. The number of amides is 1. The Morgan fingerprint density at radius 2 is 2.10 bits per heavy atom. The largest absolute Gasteiger partial charge is 0.383 e. The fourth-order valence-electron chi connectivity index (χ4n) is 1.73. The molecule has 1 rings (SSSR count). The average Bonchev–Trinajstić information content (AvgIpc) is 2.39. The van der Waals surface area contributed by atoms with Gasteiger partial charge in [-0.05, 0) is 24.6 Å². The molecule has 1 aromatic rings. The van der Waals surface area contributed by atoms with E-state index in [1.165, 1.54) is 7.11 Å². The molecule has 0 spiro atoms. The molecule has 0 saturated heterocycles. The minimum absolute atomic E-state index is 0.302. The molecule has 0 fully saturated rings. The number of hydrogen-bond donors (Lipinski definition) is 1. The predicted molar refractivity (Wildman–Crippen MR) is 83.3 cm³/mol. The standard InChI is InChI=1S/C13H19ClN2O4S/c1-10-11(14)5-4-6-12(10)16(21(3,18)19)9-13(17)15-7-8-20-2/h4-6H,7-9H2,1-3H3,(H,15,17). The van der Waals surface area contributed by atoms with E-state index in [4.69, 9.17) is 16.3 Å². The Morgan fingerprint density at radius 3 is 2.67 bits per heavy atom. The molecule has 0 saturated carbocycles.